The Kier molecular flexibility index (Phi) is 3.65. The quantitative estimate of drug-likeness (QED) is 0.570. The van der Waals surface area contributed by atoms with E-state index in [4.69, 9.17) is 11.6 Å². The van der Waals surface area contributed by atoms with Crippen molar-refractivity contribution in [3.63, 3.8) is 0 Å². The van der Waals surface area contributed by atoms with Crippen LogP contribution in [0.1, 0.15) is 10.4 Å². The summed E-state index contributed by atoms with van der Waals surface area (Å²) in [6.45, 7) is 0. The molecular weight excluding hydrogens is 307 g/mol. The van der Waals surface area contributed by atoms with E-state index in [1.807, 2.05) is 0 Å². The molecule has 0 spiro atoms. The third-order valence-electron chi connectivity index (χ3n) is 3.20. The summed E-state index contributed by atoms with van der Waals surface area (Å²) in [4.78, 5) is 27.0. The molecule has 110 valence electrons. The number of benzene rings is 2. The molecule has 2 aromatic carbocycles. The van der Waals surface area contributed by atoms with Crippen LogP contribution < -0.4 is 5.32 Å². The molecule has 0 aliphatic heterocycles. The fourth-order valence-corrected chi connectivity index (χ4v) is 2.26. The van der Waals surface area contributed by atoms with Gasteiger partial charge in [-0.05, 0) is 42.5 Å². The second-order valence-corrected chi connectivity index (χ2v) is 5.12. The van der Waals surface area contributed by atoms with E-state index < -0.39 is 17.5 Å². The van der Waals surface area contributed by atoms with Crippen LogP contribution in [-0.2, 0) is 4.79 Å². The molecule has 0 unspecified atom stereocenters. The maximum absolute atomic E-state index is 13.1. The molecule has 0 bridgehead atoms. The molecule has 6 heteroatoms. The Morgan fingerprint density at radius 2 is 1.82 bits per heavy atom. The highest BCUT2D eigenvalue weighted by Crippen LogP contribution is 2.20. The average molecular weight is 317 g/mol. The number of aromatic nitrogens is 1. The molecule has 1 heterocycles. The normalized spacial score (nSPS) is 10.6. The molecule has 1 aromatic heterocycles. The molecule has 0 radical (unpaired) electrons. The van der Waals surface area contributed by atoms with Gasteiger partial charge in [0.05, 0.1) is 5.56 Å². The lowest BCUT2D eigenvalue weighted by Gasteiger charge is -2.04. The number of carbonyl (C=O) groups is 2. The minimum atomic E-state index is -0.771. The van der Waals surface area contributed by atoms with Crippen molar-refractivity contribution in [2.75, 3.05) is 5.32 Å². The highest BCUT2D eigenvalue weighted by atomic mass is 35.5. The number of ketones is 1. The van der Waals surface area contributed by atoms with E-state index >= 15 is 0 Å². The van der Waals surface area contributed by atoms with Crippen molar-refractivity contribution in [2.24, 2.45) is 0 Å². The van der Waals surface area contributed by atoms with Gasteiger partial charge >= 0.3 is 0 Å². The first-order valence-electron chi connectivity index (χ1n) is 6.42. The maximum atomic E-state index is 13.1. The Labute approximate surface area is 129 Å². The summed E-state index contributed by atoms with van der Waals surface area (Å²) in [5.74, 6) is -1.89. The molecule has 0 aliphatic rings. The van der Waals surface area contributed by atoms with Crippen LogP contribution in [0.3, 0.4) is 0 Å². The van der Waals surface area contributed by atoms with Crippen molar-refractivity contribution in [2.45, 2.75) is 0 Å². The second-order valence-electron chi connectivity index (χ2n) is 4.68. The predicted molar refractivity (Wildman–Crippen MR) is 82.7 cm³/mol. The first kappa shape index (κ1) is 14.3. The lowest BCUT2D eigenvalue weighted by atomic mass is 10.1. The molecule has 3 rings (SSSR count). The summed E-state index contributed by atoms with van der Waals surface area (Å²) >= 11 is 5.76. The number of carbonyl (C=O) groups excluding carboxylic acids is 2. The van der Waals surface area contributed by atoms with Crippen molar-refractivity contribution >= 4 is 39.9 Å². The third kappa shape index (κ3) is 2.71. The number of fused-ring (bicyclic) bond motifs is 1. The van der Waals surface area contributed by atoms with Gasteiger partial charge in [0.15, 0.2) is 0 Å². The van der Waals surface area contributed by atoms with Gasteiger partial charge in [0.2, 0.25) is 0 Å². The topological polar surface area (TPSA) is 62.0 Å². The Morgan fingerprint density at radius 3 is 2.55 bits per heavy atom. The zero-order chi connectivity index (χ0) is 15.7. The van der Waals surface area contributed by atoms with E-state index in [1.54, 1.807) is 24.3 Å². The standard InChI is InChI=1S/C16H10ClFN2O2/c17-9-1-4-11(5-2-9)20-16(22)15(21)13-8-19-14-7-10(18)3-6-12(13)14/h1-8,19H,(H,20,22). The summed E-state index contributed by atoms with van der Waals surface area (Å²) in [5.41, 5.74) is 1.12. The number of nitrogens with one attached hydrogen (secondary N) is 2. The number of Topliss-reactive ketones (excluding diaryl/α,β-unsaturated/α-hetero) is 1. The van der Waals surface area contributed by atoms with Crippen LogP contribution in [0.5, 0.6) is 0 Å². The highest BCUT2D eigenvalue weighted by Gasteiger charge is 2.20. The van der Waals surface area contributed by atoms with Gasteiger partial charge in [-0.15, -0.1) is 0 Å². The van der Waals surface area contributed by atoms with Gasteiger partial charge in [-0.25, -0.2) is 4.39 Å². The van der Waals surface area contributed by atoms with E-state index in [0.717, 1.165) is 0 Å². The highest BCUT2D eigenvalue weighted by molar-refractivity contribution is 6.48. The summed E-state index contributed by atoms with van der Waals surface area (Å²) < 4.78 is 13.1. The molecular formula is C16H10ClFN2O2. The van der Waals surface area contributed by atoms with Crippen LogP contribution in [0.15, 0.2) is 48.7 Å². The zero-order valence-electron chi connectivity index (χ0n) is 11.2. The molecule has 2 N–H and O–H groups in total. The maximum Gasteiger partial charge on any atom is 0.296 e. The zero-order valence-corrected chi connectivity index (χ0v) is 11.9. The minimum Gasteiger partial charge on any atom is -0.360 e. The van der Waals surface area contributed by atoms with Crippen molar-refractivity contribution in [1.82, 2.24) is 4.98 Å². The van der Waals surface area contributed by atoms with Gasteiger partial charge in [0.25, 0.3) is 11.7 Å². The first-order chi connectivity index (χ1) is 10.5. The summed E-state index contributed by atoms with van der Waals surface area (Å²) in [6.07, 6.45) is 1.40. The smallest absolute Gasteiger partial charge is 0.296 e. The number of H-pyrrole nitrogens is 1. The molecule has 0 atom stereocenters. The van der Waals surface area contributed by atoms with Crippen molar-refractivity contribution in [3.05, 3.63) is 65.1 Å². The summed E-state index contributed by atoms with van der Waals surface area (Å²) in [5, 5.41) is 3.53. The number of halogens is 2. The molecule has 4 nitrogen and oxygen atoms in total. The minimum absolute atomic E-state index is 0.196. The Balaban J connectivity index is 1.85. The number of amides is 1. The molecule has 0 fully saturated rings. The summed E-state index contributed by atoms with van der Waals surface area (Å²) in [6, 6.07) is 10.4. The predicted octanol–water partition coefficient (Wildman–Crippen LogP) is 3.78. The van der Waals surface area contributed by atoms with Crippen LogP contribution in [0.4, 0.5) is 10.1 Å². The van der Waals surface area contributed by atoms with Crippen LogP contribution in [0.25, 0.3) is 10.9 Å². The lowest BCUT2D eigenvalue weighted by molar-refractivity contribution is -0.112. The molecule has 0 saturated heterocycles. The molecule has 3 aromatic rings. The summed E-state index contributed by atoms with van der Waals surface area (Å²) in [7, 11) is 0. The van der Waals surface area contributed by atoms with E-state index in [-0.39, 0.29) is 5.56 Å². The third-order valence-corrected chi connectivity index (χ3v) is 3.45. The van der Waals surface area contributed by atoms with E-state index in [1.165, 1.54) is 24.4 Å². The van der Waals surface area contributed by atoms with Gasteiger partial charge in [0, 0.05) is 27.8 Å². The lowest BCUT2D eigenvalue weighted by Crippen LogP contribution is -2.22. The van der Waals surface area contributed by atoms with Gasteiger partial charge < -0.3 is 10.3 Å². The Morgan fingerprint density at radius 1 is 1.09 bits per heavy atom. The van der Waals surface area contributed by atoms with Crippen LogP contribution in [0, 0.1) is 5.82 Å². The fraction of sp³-hybridized carbons (Fsp3) is 0. The van der Waals surface area contributed by atoms with Gasteiger partial charge in [-0.1, -0.05) is 11.6 Å². The molecule has 0 aliphatic carbocycles. The largest absolute Gasteiger partial charge is 0.360 e. The first-order valence-corrected chi connectivity index (χ1v) is 6.80. The van der Waals surface area contributed by atoms with Crippen LogP contribution in [-0.4, -0.2) is 16.7 Å². The number of anilines is 1. The van der Waals surface area contributed by atoms with Crippen molar-refractivity contribution in [3.8, 4) is 0 Å². The van der Waals surface area contributed by atoms with E-state index in [2.05, 4.69) is 10.3 Å². The molecule has 22 heavy (non-hydrogen) atoms. The Bertz CT molecular complexity index is 871. The van der Waals surface area contributed by atoms with E-state index in [9.17, 15) is 14.0 Å². The van der Waals surface area contributed by atoms with Crippen LogP contribution in [0.2, 0.25) is 5.02 Å². The SMILES string of the molecule is O=C(Nc1ccc(Cl)cc1)C(=O)c1c[nH]c2cc(F)ccc12. The molecule has 1 amide bonds. The second kappa shape index (κ2) is 5.61. The van der Waals surface area contributed by atoms with Gasteiger partial charge in [-0.2, -0.15) is 0 Å². The van der Waals surface area contributed by atoms with E-state index in [0.29, 0.717) is 21.6 Å². The molecule has 0 saturated carbocycles. The van der Waals surface area contributed by atoms with Gasteiger partial charge in [0.1, 0.15) is 5.82 Å². The van der Waals surface area contributed by atoms with Crippen LogP contribution >= 0.6 is 11.6 Å². The monoisotopic (exact) mass is 316 g/mol. The van der Waals surface area contributed by atoms with Crippen molar-refractivity contribution in [1.29, 1.82) is 0 Å². The number of hydrogen-bond acceptors (Lipinski definition) is 2. The number of rotatable bonds is 3. The number of hydrogen-bond donors (Lipinski definition) is 2. The Hall–Kier alpha value is -2.66. The fourth-order valence-electron chi connectivity index (χ4n) is 2.13. The van der Waals surface area contributed by atoms with Gasteiger partial charge in [-0.3, -0.25) is 9.59 Å². The van der Waals surface area contributed by atoms with Crippen molar-refractivity contribution < 1.29 is 14.0 Å². The number of aromatic amines is 1. The average Bonchev–Trinajstić information content (AvgIpc) is 2.91.